The molecule has 1 unspecified atom stereocenters. The summed E-state index contributed by atoms with van der Waals surface area (Å²) in [7, 11) is 0. The monoisotopic (exact) mass is 244 g/mol. The first-order chi connectivity index (χ1) is 8.72. The second-order valence-electron chi connectivity index (χ2n) is 4.66. The molecule has 0 aromatic heterocycles. The minimum Gasteiger partial charge on any atom is -0.336 e. The number of fused-ring (bicyclic) bond motifs is 1. The fraction of sp³-hybridized carbons (Fsp3) is 0.400. The third kappa shape index (κ3) is 2.79. The highest BCUT2D eigenvalue weighted by molar-refractivity contribution is 5.78. The summed E-state index contributed by atoms with van der Waals surface area (Å²) in [4.78, 5) is 13.9. The molecule has 0 spiro atoms. The Morgan fingerprint density at radius 2 is 2.22 bits per heavy atom. The topological polar surface area (TPSA) is 46.3 Å². The lowest BCUT2D eigenvalue weighted by atomic mass is 9.96. The summed E-state index contributed by atoms with van der Waals surface area (Å²) in [5.41, 5.74) is 8.46. The number of nitrogens with two attached hydrogens (primary N) is 1. The van der Waals surface area contributed by atoms with Gasteiger partial charge >= 0.3 is 0 Å². The normalized spacial score (nSPS) is 19.0. The summed E-state index contributed by atoms with van der Waals surface area (Å²) < 4.78 is 0. The van der Waals surface area contributed by atoms with Crippen LogP contribution >= 0.6 is 0 Å². The molecule has 2 N–H and O–H groups in total. The molecule has 0 saturated heterocycles. The first-order valence-electron chi connectivity index (χ1n) is 6.48. The van der Waals surface area contributed by atoms with Crippen LogP contribution in [0.3, 0.4) is 0 Å². The molecule has 1 amide bonds. The number of hydrogen-bond donors (Lipinski definition) is 1. The fourth-order valence-corrected chi connectivity index (χ4v) is 2.32. The Balaban J connectivity index is 2.06. The van der Waals surface area contributed by atoms with Crippen LogP contribution in [0.5, 0.6) is 0 Å². The molecule has 1 heterocycles. The minimum absolute atomic E-state index is 0.0611. The van der Waals surface area contributed by atoms with Gasteiger partial charge in [0, 0.05) is 25.6 Å². The van der Waals surface area contributed by atoms with Crippen LogP contribution in [-0.4, -0.2) is 17.4 Å². The lowest BCUT2D eigenvalue weighted by molar-refractivity contribution is -0.131. The molecule has 3 nitrogen and oxygen atoms in total. The van der Waals surface area contributed by atoms with E-state index in [0.717, 1.165) is 6.42 Å². The van der Waals surface area contributed by atoms with Crippen molar-refractivity contribution in [2.75, 3.05) is 6.54 Å². The standard InChI is InChI=1S/C15H20N2O/c1-2-3-4-9-15(18)17-10-12-7-5-6-8-13(12)14(16)11-17/h3-8,14H,2,9-11,16H2,1H3. The Bertz CT molecular complexity index is 454. The van der Waals surface area contributed by atoms with Gasteiger partial charge in [0.2, 0.25) is 5.91 Å². The molecule has 1 aliphatic heterocycles. The van der Waals surface area contributed by atoms with Crippen LogP contribution in [0.1, 0.15) is 36.9 Å². The third-order valence-electron chi connectivity index (χ3n) is 3.28. The van der Waals surface area contributed by atoms with Crippen molar-refractivity contribution < 1.29 is 4.79 Å². The summed E-state index contributed by atoms with van der Waals surface area (Å²) in [5, 5.41) is 0. The molecule has 1 atom stereocenters. The molecule has 18 heavy (non-hydrogen) atoms. The zero-order valence-corrected chi connectivity index (χ0v) is 10.8. The summed E-state index contributed by atoms with van der Waals surface area (Å²) in [6.45, 7) is 3.37. The number of allylic oxidation sites excluding steroid dienone is 1. The fourth-order valence-electron chi connectivity index (χ4n) is 2.32. The maximum Gasteiger partial charge on any atom is 0.226 e. The number of hydrogen-bond acceptors (Lipinski definition) is 2. The van der Waals surface area contributed by atoms with Crippen molar-refractivity contribution in [3.05, 3.63) is 47.5 Å². The molecular formula is C15H20N2O. The quantitative estimate of drug-likeness (QED) is 0.830. The lowest BCUT2D eigenvalue weighted by Gasteiger charge is -2.32. The van der Waals surface area contributed by atoms with Crippen molar-refractivity contribution in [1.82, 2.24) is 4.90 Å². The Hall–Kier alpha value is -1.61. The second kappa shape index (κ2) is 5.83. The van der Waals surface area contributed by atoms with Gasteiger partial charge in [0.1, 0.15) is 0 Å². The second-order valence-corrected chi connectivity index (χ2v) is 4.66. The van der Waals surface area contributed by atoms with Gasteiger partial charge in [-0.05, 0) is 17.5 Å². The van der Waals surface area contributed by atoms with Crippen molar-refractivity contribution in [2.24, 2.45) is 5.73 Å². The smallest absolute Gasteiger partial charge is 0.226 e. The molecular weight excluding hydrogens is 224 g/mol. The predicted molar refractivity (Wildman–Crippen MR) is 72.8 cm³/mol. The van der Waals surface area contributed by atoms with E-state index in [0.29, 0.717) is 19.5 Å². The van der Waals surface area contributed by atoms with Crippen molar-refractivity contribution >= 4 is 5.91 Å². The molecule has 2 rings (SSSR count). The van der Waals surface area contributed by atoms with Crippen molar-refractivity contribution in [3.8, 4) is 0 Å². The van der Waals surface area contributed by atoms with E-state index in [-0.39, 0.29) is 11.9 Å². The van der Waals surface area contributed by atoms with Crippen LogP contribution < -0.4 is 5.73 Å². The van der Waals surface area contributed by atoms with Crippen LogP contribution in [0.25, 0.3) is 0 Å². The number of rotatable bonds is 3. The van der Waals surface area contributed by atoms with Gasteiger partial charge in [0.15, 0.2) is 0 Å². The van der Waals surface area contributed by atoms with E-state index >= 15 is 0 Å². The number of carbonyl (C=O) groups is 1. The number of amides is 1. The van der Waals surface area contributed by atoms with Crippen molar-refractivity contribution in [2.45, 2.75) is 32.4 Å². The van der Waals surface area contributed by atoms with Crippen LogP contribution in [-0.2, 0) is 11.3 Å². The maximum absolute atomic E-state index is 12.0. The zero-order chi connectivity index (χ0) is 13.0. The first-order valence-corrected chi connectivity index (χ1v) is 6.48. The molecule has 1 aromatic rings. The first kappa shape index (κ1) is 12.8. The summed E-state index contributed by atoms with van der Waals surface area (Å²) in [5.74, 6) is 0.157. The number of benzene rings is 1. The van der Waals surface area contributed by atoms with E-state index in [1.165, 1.54) is 11.1 Å². The maximum atomic E-state index is 12.0. The van der Waals surface area contributed by atoms with Gasteiger partial charge in [-0.1, -0.05) is 43.3 Å². The van der Waals surface area contributed by atoms with E-state index in [1.807, 2.05) is 29.2 Å². The van der Waals surface area contributed by atoms with Gasteiger partial charge < -0.3 is 10.6 Å². The molecule has 1 aromatic carbocycles. The molecule has 0 aliphatic carbocycles. The van der Waals surface area contributed by atoms with Crippen LogP contribution in [0.4, 0.5) is 0 Å². The van der Waals surface area contributed by atoms with Gasteiger partial charge in [-0.25, -0.2) is 0 Å². The Kier molecular flexibility index (Phi) is 4.15. The Labute approximate surface area is 108 Å². The zero-order valence-electron chi connectivity index (χ0n) is 10.8. The summed E-state index contributed by atoms with van der Waals surface area (Å²) in [6, 6.07) is 8.04. The van der Waals surface area contributed by atoms with Gasteiger partial charge in [-0.15, -0.1) is 0 Å². The highest BCUT2D eigenvalue weighted by atomic mass is 16.2. The summed E-state index contributed by atoms with van der Waals surface area (Å²) >= 11 is 0. The van der Waals surface area contributed by atoms with Gasteiger partial charge in [0.25, 0.3) is 0 Å². The van der Waals surface area contributed by atoms with E-state index in [4.69, 9.17) is 5.73 Å². The molecule has 1 aliphatic rings. The third-order valence-corrected chi connectivity index (χ3v) is 3.28. The lowest BCUT2D eigenvalue weighted by Crippen LogP contribution is -2.40. The van der Waals surface area contributed by atoms with E-state index in [2.05, 4.69) is 19.1 Å². The molecule has 0 saturated carbocycles. The average molecular weight is 244 g/mol. The molecule has 0 radical (unpaired) electrons. The number of nitrogens with zero attached hydrogens (tertiary/aromatic N) is 1. The van der Waals surface area contributed by atoms with E-state index < -0.39 is 0 Å². The van der Waals surface area contributed by atoms with Crippen LogP contribution in [0.15, 0.2) is 36.4 Å². The summed E-state index contributed by atoms with van der Waals surface area (Å²) in [6.07, 6.45) is 5.41. The number of carbonyl (C=O) groups excluding carboxylic acids is 1. The Morgan fingerprint density at radius 1 is 1.44 bits per heavy atom. The van der Waals surface area contributed by atoms with E-state index in [9.17, 15) is 4.79 Å². The van der Waals surface area contributed by atoms with Gasteiger partial charge in [0.05, 0.1) is 0 Å². The largest absolute Gasteiger partial charge is 0.336 e. The van der Waals surface area contributed by atoms with Crippen LogP contribution in [0, 0.1) is 0 Å². The Morgan fingerprint density at radius 3 is 3.00 bits per heavy atom. The average Bonchev–Trinajstić information content (AvgIpc) is 2.39. The molecule has 96 valence electrons. The minimum atomic E-state index is -0.0611. The molecule has 0 fully saturated rings. The van der Waals surface area contributed by atoms with Gasteiger partial charge in [-0.2, -0.15) is 0 Å². The molecule has 0 bridgehead atoms. The SMILES string of the molecule is CCC=CCC(=O)N1Cc2ccccc2C(N)C1. The van der Waals surface area contributed by atoms with Gasteiger partial charge in [-0.3, -0.25) is 4.79 Å². The predicted octanol–water partition coefficient (Wildman–Crippen LogP) is 2.38. The highest BCUT2D eigenvalue weighted by Gasteiger charge is 2.24. The van der Waals surface area contributed by atoms with Crippen molar-refractivity contribution in [1.29, 1.82) is 0 Å². The highest BCUT2D eigenvalue weighted by Crippen LogP contribution is 2.24. The van der Waals surface area contributed by atoms with E-state index in [1.54, 1.807) is 0 Å². The van der Waals surface area contributed by atoms with Crippen molar-refractivity contribution in [3.63, 3.8) is 0 Å². The van der Waals surface area contributed by atoms with Crippen LogP contribution in [0.2, 0.25) is 0 Å². The molecule has 3 heteroatoms.